The van der Waals surface area contributed by atoms with E-state index in [9.17, 15) is 18.0 Å². The second-order valence-corrected chi connectivity index (χ2v) is 5.40. The lowest BCUT2D eigenvalue weighted by atomic mass is 10.1. The fourth-order valence-corrected chi connectivity index (χ4v) is 2.60. The van der Waals surface area contributed by atoms with Gasteiger partial charge in [0.1, 0.15) is 0 Å². The van der Waals surface area contributed by atoms with Gasteiger partial charge in [-0.05, 0) is 42.5 Å². The molecular weight excluding hydrogens is 315 g/mol. The normalized spacial score (nSPS) is 11.0. The number of rotatable bonds is 3. The quantitative estimate of drug-likeness (QED) is 0.908. The molecule has 0 heterocycles. The van der Waals surface area contributed by atoms with Crippen LogP contribution in [0.4, 0.5) is 13.2 Å². The lowest BCUT2D eigenvalue weighted by Crippen LogP contribution is -2.12. The standard InChI is InChI=1S/C15H8F3NO2S/c16-15(17,18)13-7-11(5-6-12(13)14(20)21)22-10-3-1-9(8-19)2-4-10/h1-7H,(H,20,21). The molecule has 0 fully saturated rings. The zero-order valence-corrected chi connectivity index (χ0v) is 11.7. The Kier molecular flexibility index (Phi) is 4.43. The van der Waals surface area contributed by atoms with Crippen molar-refractivity contribution in [3.05, 3.63) is 59.2 Å². The zero-order valence-electron chi connectivity index (χ0n) is 10.9. The van der Waals surface area contributed by atoms with Gasteiger partial charge in [-0.1, -0.05) is 11.8 Å². The van der Waals surface area contributed by atoms with Gasteiger partial charge in [-0.15, -0.1) is 0 Å². The lowest BCUT2D eigenvalue weighted by Gasteiger charge is -2.12. The summed E-state index contributed by atoms with van der Waals surface area (Å²) in [4.78, 5) is 11.8. The minimum atomic E-state index is -4.74. The third-order valence-corrected chi connectivity index (χ3v) is 3.74. The van der Waals surface area contributed by atoms with Gasteiger partial charge in [0, 0.05) is 9.79 Å². The molecule has 112 valence electrons. The van der Waals surface area contributed by atoms with Crippen molar-refractivity contribution < 1.29 is 23.1 Å². The molecule has 0 unspecified atom stereocenters. The number of nitrogens with zero attached hydrogens (tertiary/aromatic N) is 1. The molecular formula is C15H8F3NO2S. The van der Waals surface area contributed by atoms with Gasteiger partial charge in [-0.2, -0.15) is 18.4 Å². The van der Waals surface area contributed by atoms with Crippen LogP contribution in [0.1, 0.15) is 21.5 Å². The molecule has 0 bridgehead atoms. The summed E-state index contributed by atoms with van der Waals surface area (Å²) in [5.41, 5.74) is -1.52. The molecule has 3 nitrogen and oxygen atoms in total. The molecule has 0 amide bonds. The Morgan fingerprint density at radius 3 is 2.18 bits per heavy atom. The largest absolute Gasteiger partial charge is 0.478 e. The monoisotopic (exact) mass is 323 g/mol. The molecule has 0 aliphatic rings. The first-order valence-electron chi connectivity index (χ1n) is 5.94. The average Bonchev–Trinajstić information content (AvgIpc) is 2.47. The van der Waals surface area contributed by atoms with E-state index in [0.717, 1.165) is 23.9 Å². The third kappa shape index (κ3) is 3.59. The van der Waals surface area contributed by atoms with E-state index in [1.807, 2.05) is 6.07 Å². The lowest BCUT2D eigenvalue weighted by molar-refractivity contribution is -0.138. The minimum Gasteiger partial charge on any atom is -0.478 e. The first-order chi connectivity index (χ1) is 10.3. The zero-order chi connectivity index (χ0) is 16.3. The van der Waals surface area contributed by atoms with E-state index in [1.165, 1.54) is 6.07 Å². The maximum atomic E-state index is 12.9. The minimum absolute atomic E-state index is 0.266. The number of halogens is 3. The second-order valence-electron chi connectivity index (χ2n) is 4.25. The Morgan fingerprint density at radius 2 is 1.68 bits per heavy atom. The highest BCUT2D eigenvalue weighted by Gasteiger charge is 2.35. The van der Waals surface area contributed by atoms with Crippen molar-refractivity contribution in [3.63, 3.8) is 0 Å². The SMILES string of the molecule is N#Cc1ccc(Sc2ccc(C(=O)O)c(C(F)(F)F)c2)cc1. The molecule has 0 atom stereocenters. The molecule has 0 radical (unpaired) electrons. The Hall–Kier alpha value is -2.46. The van der Waals surface area contributed by atoms with Gasteiger partial charge in [0.2, 0.25) is 0 Å². The number of carbonyl (C=O) groups is 1. The summed E-state index contributed by atoms with van der Waals surface area (Å²) >= 11 is 1.06. The first kappa shape index (κ1) is 15.9. The molecule has 0 saturated carbocycles. The molecule has 0 aliphatic carbocycles. The van der Waals surface area contributed by atoms with E-state index >= 15 is 0 Å². The molecule has 0 spiro atoms. The molecule has 0 saturated heterocycles. The Labute approximate surface area is 128 Å². The summed E-state index contributed by atoms with van der Waals surface area (Å²) < 4.78 is 38.8. The van der Waals surface area contributed by atoms with Gasteiger partial charge in [0.25, 0.3) is 0 Å². The molecule has 0 aliphatic heterocycles. The summed E-state index contributed by atoms with van der Waals surface area (Å²) in [6.45, 7) is 0. The molecule has 2 rings (SSSR count). The Bertz CT molecular complexity index is 749. The van der Waals surface area contributed by atoms with Crippen molar-refractivity contribution >= 4 is 17.7 Å². The van der Waals surface area contributed by atoms with Crippen LogP contribution in [-0.4, -0.2) is 11.1 Å². The number of alkyl halides is 3. The summed E-state index contributed by atoms with van der Waals surface area (Å²) in [6.07, 6.45) is -4.74. The molecule has 1 N–H and O–H groups in total. The number of carboxylic acids is 1. The van der Waals surface area contributed by atoms with Crippen molar-refractivity contribution in [2.24, 2.45) is 0 Å². The molecule has 2 aromatic rings. The van der Waals surface area contributed by atoms with Crippen LogP contribution in [0.5, 0.6) is 0 Å². The van der Waals surface area contributed by atoms with Crippen molar-refractivity contribution in [1.29, 1.82) is 5.26 Å². The van der Waals surface area contributed by atoms with E-state index in [2.05, 4.69) is 0 Å². The van der Waals surface area contributed by atoms with E-state index in [4.69, 9.17) is 10.4 Å². The Balaban J connectivity index is 2.36. The highest BCUT2D eigenvalue weighted by molar-refractivity contribution is 7.99. The van der Waals surface area contributed by atoms with Crippen LogP contribution in [0.2, 0.25) is 0 Å². The highest BCUT2D eigenvalue weighted by Crippen LogP contribution is 2.36. The smallest absolute Gasteiger partial charge is 0.417 e. The van der Waals surface area contributed by atoms with E-state index < -0.39 is 23.3 Å². The van der Waals surface area contributed by atoms with Crippen LogP contribution >= 0.6 is 11.8 Å². The second kappa shape index (κ2) is 6.12. The van der Waals surface area contributed by atoms with Gasteiger partial charge in [-0.25, -0.2) is 4.79 Å². The topological polar surface area (TPSA) is 61.1 Å². The van der Waals surface area contributed by atoms with Gasteiger partial charge >= 0.3 is 12.1 Å². The fraction of sp³-hybridized carbons (Fsp3) is 0.0667. The van der Waals surface area contributed by atoms with Gasteiger partial charge in [0.05, 0.1) is 22.8 Å². The van der Waals surface area contributed by atoms with Crippen LogP contribution in [0.3, 0.4) is 0 Å². The number of aromatic carboxylic acids is 1. The summed E-state index contributed by atoms with van der Waals surface area (Å²) in [6, 6.07) is 11.4. The van der Waals surface area contributed by atoms with Crippen molar-refractivity contribution in [1.82, 2.24) is 0 Å². The van der Waals surface area contributed by atoms with Crippen molar-refractivity contribution in [3.8, 4) is 6.07 Å². The van der Waals surface area contributed by atoms with Gasteiger partial charge in [0.15, 0.2) is 0 Å². The first-order valence-corrected chi connectivity index (χ1v) is 6.75. The fourth-order valence-electron chi connectivity index (χ4n) is 1.74. The molecule has 0 aromatic heterocycles. The predicted molar refractivity (Wildman–Crippen MR) is 73.7 cm³/mol. The summed E-state index contributed by atoms with van der Waals surface area (Å²) in [7, 11) is 0. The number of benzene rings is 2. The van der Waals surface area contributed by atoms with Crippen LogP contribution in [0.15, 0.2) is 52.3 Å². The number of carboxylic acid groups (broad SMARTS) is 1. The van der Waals surface area contributed by atoms with E-state index in [-0.39, 0.29) is 4.90 Å². The maximum Gasteiger partial charge on any atom is 0.417 e. The average molecular weight is 323 g/mol. The van der Waals surface area contributed by atoms with Crippen LogP contribution in [0, 0.1) is 11.3 Å². The van der Waals surface area contributed by atoms with Crippen molar-refractivity contribution in [2.75, 3.05) is 0 Å². The number of hydrogen-bond acceptors (Lipinski definition) is 3. The molecule has 22 heavy (non-hydrogen) atoms. The highest BCUT2D eigenvalue weighted by atomic mass is 32.2. The number of hydrogen-bond donors (Lipinski definition) is 1. The Morgan fingerprint density at radius 1 is 1.09 bits per heavy atom. The molecule has 2 aromatic carbocycles. The van der Waals surface area contributed by atoms with E-state index in [0.29, 0.717) is 10.5 Å². The summed E-state index contributed by atoms with van der Waals surface area (Å²) in [5.74, 6) is -1.62. The van der Waals surface area contributed by atoms with Crippen LogP contribution in [-0.2, 0) is 6.18 Å². The predicted octanol–water partition coefficient (Wildman–Crippen LogP) is 4.43. The molecule has 7 heteroatoms. The third-order valence-electron chi connectivity index (χ3n) is 2.75. The van der Waals surface area contributed by atoms with E-state index in [1.54, 1.807) is 24.3 Å². The van der Waals surface area contributed by atoms with Gasteiger partial charge in [-0.3, -0.25) is 0 Å². The summed E-state index contributed by atoms with van der Waals surface area (Å²) in [5, 5.41) is 17.5. The maximum absolute atomic E-state index is 12.9. The van der Waals surface area contributed by atoms with Crippen LogP contribution in [0.25, 0.3) is 0 Å². The number of nitriles is 1. The van der Waals surface area contributed by atoms with Crippen LogP contribution < -0.4 is 0 Å². The van der Waals surface area contributed by atoms with Gasteiger partial charge < -0.3 is 5.11 Å². The van der Waals surface area contributed by atoms with Crippen molar-refractivity contribution in [2.45, 2.75) is 16.0 Å².